The molecular weight excluding hydrogens is 224 g/mol. The molecular formula is C16H12O2. The maximum Gasteiger partial charge on any atom is 0.164 e. The van der Waals surface area contributed by atoms with Gasteiger partial charge in [0.25, 0.3) is 0 Å². The number of ketones is 2. The molecule has 0 spiro atoms. The van der Waals surface area contributed by atoms with Gasteiger partial charge in [0.1, 0.15) is 5.78 Å². The highest BCUT2D eigenvalue weighted by atomic mass is 16.1. The van der Waals surface area contributed by atoms with Crippen LogP contribution in [-0.4, -0.2) is 11.6 Å². The van der Waals surface area contributed by atoms with Crippen molar-refractivity contribution in [3.05, 3.63) is 47.0 Å². The highest BCUT2D eigenvalue weighted by Gasteiger charge is 2.33. The second-order valence-electron chi connectivity index (χ2n) is 5.29. The lowest BCUT2D eigenvalue weighted by Gasteiger charge is -2.30. The summed E-state index contributed by atoms with van der Waals surface area (Å²) in [6, 6.07) is 9.99. The Hall–Kier alpha value is -1.96. The number of Topliss-reactive ketones (excluding diaryl/α,β-unsaturated/α-hetero) is 2. The summed E-state index contributed by atoms with van der Waals surface area (Å²) in [5, 5.41) is 2.22. The van der Waals surface area contributed by atoms with E-state index in [4.69, 9.17) is 0 Å². The summed E-state index contributed by atoms with van der Waals surface area (Å²) in [5.74, 6) is 0.566. The number of benzene rings is 2. The minimum Gasteiger partial charge on any atom is -0.299 e. The average molecular weight is 236 g/mol. The fourth-order valence-electron chi connectivity index (χ4n) is 3.47. The summed E-state index contributed by atoms with van der Waals surface area (Å²) in [5.41, 5.74) is 3.24. The topological polar surface area (TPSA) is 34.1 Å². The van der Waals surface area contributed by atoms with E-state index >= 15 is 0 Å². The van der Waals surface area contributed by atoms with Gasteiger partial charge in [-0.3, -0.25) is 9.59 Å². The van der Waals surface area contributed by atoms with E-state index in [2.05, 4.69) is 6.07 Å². The molecule has 2 aliphatic rings. The summed E-state index contributed by atoms with van der Waals surface area (Å²) >= 11 is 0. The van der Waals surface area contributed by atoms with Gasteiger partial charge >= 0.3 is 0 Å². The van der Waals surface area contributed by atoms with Gasteiger partial charge in [0, 0.05) is 24.8 Å². The predicted molar refractivity (Wildman–Crippen MR) is 69.0 cm³/mol. The lowest BCUT2D eigenvalue weighted by atomic mass is 9.72. The van der Waals surface area contributed by atoms with Crippen molar-refractivity contribution in [2.45, 2.75) is 25.2 Å². The van der Waals surface area contributed by atoms with E-state index in [0.717, 1.165) is 21.9 Å². The molecule has 4 rings (SSSR count). The van der Waals surface area contributed by atoms with Gasteiger partial charge in [-0.25, -0.2) is 0 Å². The molecule has 0 unspecified atom stereocenters. The van der Waals surface area contributed by atoms with Gasteiger partial charge in [-0.05, 0) is 27.8 Å². The monoisotopic (exact) mass is 236 g/mol. The highest BCUT2D eigenvalue weighted by Crippen LogP contribution is 2.43. The third-order valence-corrected chi connectivity index (χ3v) is 4.18. The zero-order chi connectivity index (χ0) is 12.3. The summed E-state index contributed by atoms with van der Waals surface area (Å²) in [4.78, 5) is 23.9. The van der Waals surface area contributed by atoms with Gasteiger partial charge in [-0.1, -0.05) is 30.3 Å². The quantitative estimate of drug-likeness (QED) is 0.704. The van der Waals surface area contributed by atoms with Gasteiger partial charge in [-0.2, -0.15) is 0 Å². The molecule has 88 valence electrons. The van der Waals surface area contributed by atoms with E-state index in [-0.39, 0.29) is 17.5 Å². The van der Waals surface area contributed by atoms with Crippen LogP contribution in [0, 0.1) is 0 Å². The molecule has 2 aliphatic carbocycles. The van der Waals surface area contributed by atoms with Crippen LogP contribution < -0.4 is 0 Å². The van der Waals surface area contributed by atoms with Gasteiger partial charge in [0.15, 0.2) is 5.78 Å². The lowest BCUT2D eigenvalue weighted by molar-refractivity contribution is -0.119. The van der Waals surface area contributed by atoms with Crippen LogP contribution in [0.2, 0.25) is 0 Å². The van der Waals surface area contributed by atoms with E-state index in [0.29, 0.717) is 19.3 Å². The van der Waals surface area contributed by atoms with Crippen molar-refractivity contribution < 1.29 is 9.59 Å². The summed E-state index contributed by atoms with van der Waals surface area (Å²) in [6.45, 7) is 0. The van der Waals surface area contributed by atoms with Crippen molar-refractivity contribution in [3.63, 3.8) is 0 Å². The Bertz CT molecular complexity index is 712. The molecule has 0 radical (unpaired) electrons. The van der Waals surface area contributed by atoms with Crippen LogP contribution in [0.4, 0.5) is 0 Å². The van der Waals surface area contributed by atoms with Gasteiger partial charge in [0.05, 0.1) is 0 Å². The molecule has 2 aromatic carbocycles. The first-order chi connectivity index (χ1) is 8.74. The first-order valence-corrected chi connectivity index (χ1v) is 6.33. The van der Waals surface area contributed by atoms with E-state index in [1.54, 1.807) is 0 Å². The van der Waals surface area contributed by atoms with Gasteiger partial charge in [-0.15, -0.1) is 0 Å². The van der Waals surface area contributed by atoms with Crippen LogP contribution in [0.3, 0.4) is 0 Å². The molecule has 0 fully saturated rings. The zero-order valence-electron chi connectivity index (χ0n) is 9.90. The maximum atomic E-state index is 12.2. The Morgan fingerprint density at radius 1 is 1.00 bits per heavy atom. The summed E-state index contributed by atoms with van der Waals surface area (Å²) in [7, 11) is 0. The predicted octanol–water partition coefficient (Wildman–Crippen LogP) is 3.03. The van der Waals surface area contributed by atoms with Crippen molar-refractivity contribution >= 4 is 22.3 Å². The number of rotatable bonds is 0. The van der Waals surface area contributed by atoms with Gasteiger partial charge in [0.2, 0.25) is 0 Å². The number of hydrogen-bond donors (Lipinski definition) is 0. The van der Waals surface area contributed by atoms with Crippen molar-refractivity contribution in [2.75, 3.05) is 0 Å². The molecule has 0 saturated heterocycles. The molecule has 0 amide bonds. The molecule has 0 aliphatic heterocycles. The maximum absolute atomic E-state index is 12.2. The molecule has 1 atom stereocenters. The van der Waals surface area contributed by atoms with Crippen molar-refractivity contribution in [1.82, 2.24) is 0 Å². The molecule has 18 heavy (non-hydrogen) atoms. The minimum absolute atomic E-state index is 0.118. The molecule has 0 aromatic heterocycles. The number of carbonyl (C=O) groups is 2. The van der Waals surface area contributed by atoms with Crippen molar-refractivity contribution in [3.8, 4) is 0 Å². The summed E-state index contributed by atoms with van der Waals surface area (Å²) < 4.78 is 0. The normalized spacial score (nSPS) is 21.4. The Labute approximate surface area is 105 Å². The van der Waals surface area contributed by atoms with E-state index in [1.165, 1.54) is 5.56 Å². The molecule has 0 heterocycles. The number of carbonyl (C=O) groups excluding carboxylic acids is 2. The first kappa shape index (κ1) is 10.0. The molecule has 2 nitrogen and oxygen atoms in total. The van der Waals surface area contributed by atoms with E-state index < -0.39 is 0 Å². The second kappa shape index (κ2) is 3.29. The molecule has 0 saturated carbocycles. The zero-order valence-corrected chi connectivity index (χ0v) is 9.90. The summed E-state index contributed by atoms with van der Waals surface area (Å²) in [6.07, 6.45) is 1.56. The standard InChI is InChI=1S/C16H12O2/c17-12-6-10-5-4-9-2-1-3-13-14(18)8-11(7-12)15(10)16(9)13/h1-5,11H,6-8H2/t11-/m0/s1. The van der Waals surface area contributed by atoms with Crippen LogP contribution in [0.5, 0.6) is 0 Å². The average Bonchev–Trinajstić information content (AvgIpc) is 2.36. The van der Waals surface area contributed by atoms with Crippen LogP contribution in [0.1, 0.15) is 40.2 Å². The Kier molecular flexibility index (Phi) is 1.83. The second-order valence-corrected chi connectivity index (χ2v) is 5.29. The third-order valence-electron chi connectivity index (χ3n) is 4.18. The minimum atomic E-state index is 0.118. The van der Waals surface area contributed by atoms with Crippen LogP contribution in [-0.2, 0) is 11.2 Å². The van der Waals surface area contributed by atoms with Crippen molar-refractivity contribution in [1.29, 1.82) is 0 Å². The Morgan fingerprint density at radius 3 is 2.78 bits per heavy atom. The smallest absolute Gasteiger partial charge is 0.164 e. The fraction of sp³-hybridized carbons (Fsp3) is 0.250. The lowest BCUT2D eigenvalue weighted by Crippen LogP contribution is -2.24. The first-order valence-electron chi connectivity index (χ1n) is 6.33. The van der Waals surface area contributed by atoms with E-state index in [9.17, 15) is 9.59 Å². The molecule has 0 bridgehead atoms. The Balaban J connectivity index is 2.18. The number of hydrogen-bond acceptors (Lipinski definition) is 2. The van der Waals surface area contributed by atoms with Crippen LogP contribution in [0.15, 0.2) is 30.3 Å². The fourth-order valence-corrected chi connectivity index (χ4v) is 3.47. The molecule has 2 aromatic rings. The van der Waals surface area contributed by atoms with Crippen LogP contribution >= 0.6 is 0 Å². The van der Waals surface area contributed by atoms with E-state index in [1.807, 2.05) is 24.3 Å². The van der Waals surface area contributed by atoms with Crippen molar-refractivity contribution in [2.24, 2.45) is 0 Å². The van der Waals surface area contributed by atoms with Crippen LogP contribution in [0.25, 0.3) is 10.8 Å². The molecule has 2 heteroatoms. The highest BCUT2D eigenvalue weighted by molar-refractivity contribution is 6.13. The molecule has 0 N–H and O–H groups in total. The third kappa shape index (κ3) is 1.18. The van der Waals surface area contributed by atoms with Gasteiger partial charge < -0.3 is 0 Å². The Morgan fingerprint density at radius 2 is 1.89 bits per heavy atom. The SMILES string of the molecule is O=C1Cc2ccc3cccc4c3c2[C@@H](C1)CC4=O. The largest absolute Gasteiger partial charge is 0.299 e.